The first-order valence-electron chi connectivity index (χ1n) is 9.25. The van der Waals surface area contributed by atoms with Gasteiger partial charge in [-0.05, 0) is 35.9 Å². The molecule has 0 bridgehead atoms. The van der Waals surface area contributed by atoms with E-state index in [4.69, 9.17) is 0 Å². The lowest BCUT2D eigenvalue weighted by Crippen LogP contribution is -2.27. The summed E-state index contributed by atoms with van der Waals surface area (Å²) in [5.41, 5.74) is -1.93. The number of Topliss-reactive ketones (excluding diaryl/α,β-unsaturated/α-hetero) is 1. The highest BCUT2D eigenvalue weighted by Crippen LogP contribution is 2.32. The summed E-state index contributed by atoms with van der Waals surface area (Å²) in [7, 11) is 0. The van der Waals surface area contributed by atoms with Crippen LogP contribution in [0, 0.1) is 0 Å². The molecule has 1 N–H and O–H groups in total. The van der Waals surface area contributed by atoms with Gasteiger partial charge in [0.1, 0.15) is 11.3 Å². The van der Waals surface area contributed by atoms with E-state index in [2.05, 4.69) is 4.98 Å². The van der Waals surface area contributed by atoms with Crippen LogP contribution in [0.5, 0.6) is 5.75 Å². The first-order valence-corrected chi connectivity index (χ1v) is 9.25. The molecular formula is C23H15F3N2O3. The molecule has 0 unspecified atom stereocenters. The van der Waals surface area contributed by atoms with Crippen molar-refractivity contribution in [1.82, 2.24) is 9.55 Å². The van der Waals surface area contributed by atoms with Crippen LogP contribution in [0.25, 0.3) is 16.7 Å². The average Bonchev–Trinajstić information content (AvgIpc) is 2.74. The molecule has 2 aromatic carbocycles. The number of fused-ring (bicyclic) bond motifs is 1. The van der Waals surface area contributed by atoms with Crippen molar-refractivity contribution in [2.45, 2.75) is 12.6 Å². The zero-order valence-corrected chi connectivity index (χ0v) is 15.9. The number of ketones is 1. The van der Waals surface area contributed by atoms with Crippen LogP contribution in [0.15, 0.2) is 77.7 Å². The average molecular weight is 424 g/mol. The predicted molar refractivity (Wildman–Crippen MR) is 108 cm³/mol. The predicted octanol–water partition coefficient (Wildman–Crippen LogP) is 4.54. The number of carbonyl (C=O) groups is 1. The van der Waals surface area contributed by atoms with E-state index in [9.17, 15) is 27.9 Å². The Morgan fingerprint density at radius 1 is 1.00 bits per heavy atom. The Hall–Kier alpha value is -3.94. The van der Waals surface area contributed by atoms with Gasteiger partial charge in [0.15, 0.2) is 11.4 Å². The van der Waals surface area contributed by atoms with Gasteiger partial charge < -0.3 is 5.11 Å². The lowest BCUT2D eigenvalue weighted by Gasteiger charge is -2.15. The maximum atomic E-state index is 13.3. The fraction of sp³-hybridized carbons (Fsp3) is 0.0870. The summed E-state index contributed by atoms with van der Waals surface area (Å²) < 4.78 is 40.6. The zero-order valence-electron chi connectivity index (χ0n) is 15.9. The van der Waals surface area contributed by atoms with Gasteiger partial charge in [0.05, 0.1) is 16.6 Å². The molecule has 0 aliphatic rings. The van der Waals surface area contributed by atoms with E-state index in [1.54, 1.807) is 30.3 Å². The molecule has 0 aliphatic heterocycles. The molecule has 0 saturated carbocycles. The van der Waals surface area contributed by atoms with Crippen molar-refractivity contribution >= 4 is 16.8 Å². The lowest BCUT2D eigenvalue weighted by molar-refractivity contribution is -0.137. The number of benzene rings is 2. The number of halogens is 3. The van der Waals surface area contributed by atoms with Crippen LogP contribution >= 0.6 is 0 Å². The van der Waals surface area contributed by atoms with Gasteiger partial charge in [-0.15, -0.1) is 0 Å². The number of hydrogen-bond acceptors (Lipinski definition) is 4. The molecule has 0 saturated heterocycles. The first-order chi connectivity index (χ1) is 14.8. The fourth-order valence-corrected chi connectivity index (χ4v) is 3.39. The van der Waals surface area contributed by atoms with Crippen molar-refractivity contribution in [3.8, 4) is 11.4 Å². The van der Waals surface area contributed by atoms with E-state index >= 15 is 0 Å². The van der Waals surface area contributed by atoms with E-state index in [0.717, 1.165) is 22.8 Å². The van der Waals surface area contributed by atoms with Gasteiger partial charge in [-0.25, -0.2) is 4.98 Å². The maximum absolute atomic E-state index is 13.3. The summed E-state index contributed by atoms with van der Waals surface area (Å²) in [6.07, 6.45) is -3.43. The molecule has 2 aromatic heterocycles. The Morgan fingerprint density at radius 2 is 1.74 bits per heavy atom. The van der Waals surface area contributed by atoms with Gasteiger partial charge in [-0.2, -0.15) is 13.2 Å². The van der Waals surface area contributed by atoms with Gasteiger partial charge in [0.2, 0.25) is 0 Å². The summed E-state index contributed by atoms with van der Waals surface area (Å²) in [6, 6.07) is 15.7. The Morgan fingerprint density at radius 3 is 2.45 bits per heavy atom. The van der Waals surface area contributed by atoms with E-state index < -0.39 is 34.4 Å². The number of aromatic hydroxyl groups is 1. The minimum Gasteiger partial charge on any atom is -0.506 e. The Kier molecular flexibility index (Phi) is 5.06. The summed E-state index contributed by atoms with van der Waals surface area (Å²) >= 11 is 0. The van der Waals surface area contributed by atoms with E-state index in [1.165, 1.54) is 24.4 Å². The number of rotatable bonds is 4. The molecule has 156 valence electrons. The Balaban J connectivity index is 1.96. The smallest absolute Gasteiger partial charge is 0.416 e. The number of hydrogen-bond donors (Lipinski definition) is 1. The molecule has 0 radical (unpaired) electrons. The highest BCUT2D eigenvalue weighted by Gasteiger charge is 2.31. The van der Waals surface area contributed by atoms with Gasteiger partial charge >= 0.3 is 6.18 Å². The summed E-state index contributed by atoms with van der Waals surface area (Å²) in [6.45, 7) is 0. The largest absolute Gasteiger partial charge is 0.506 e. The number of aromatic nitrogens is 2. The third kappa shape index (κ3) is 3.79. The maximum Gasteiger partial charge on any atom is 0.416 e. The number of alkyl halides is 3. The van der Waals surface area contributed by atoms with Crippen molar-refractivity contribution < 1.29 is 23.1 Å². The summed E-state index contributed by atoms with van der Waals surface area (Å²) in [5, 5.41) is 10.8. The molecule has 0 atom stereocenters. The minimum absolute atomic E-state index is 0.0550. The van der Waals surface area contributed by atoms with Crippen LogP contribution in [0.4, 0.5) is 13.2 Å². The molecule has 0 fully saturated rings. The second kappa shape index (κ2) is 7.71. The van der Waals surface area contributed by atoms with E-state index in [-0.39, 0.29) is 23.1 Å². The molecule has 5 nitrogen and oxygen atoms in total. The molecule has 2 heterocycles. The standard InChI is InChI=1S/C23H15F3N2O3/c24-23(25,26)15-8-4-9-16(13-15)28-21-17(10-5-11-27-21)20(30)19(22(28)31)18(29)12-14-6-2-1-3-7-14/h1-11,13,30H,12H2. The second-order valence-corrected chi connectivity index (χ2v) is 6.87. The van der Waals surface area contributed by atoms with Crippen LogP contribution in [0.1, 0.15) is 21.5 Å². The second-order valence-electron chi connectivity index (χ2n) is 6.87. The van der Waals surface area contributed by atoms with E-state index in [0.29, 0.717) is 5.56 Å². The monoisotopic (exact) mass is 424 g/mol. The van der Waals surface area contributed by atoms with Crippen molar-refractivity contribution in [3.05, 3.63) is 100.0 Å². The highest BCUT2D eigenvalue weighted by molar-refractivity contribution is 6.04. The number of carbonyl (C=O) groups excluding carboxylic acids is 1. The topological polar surface area (TPSA) is 72.2 Å². The van der Waals surface area contributed by atoms with Crippen LogP contribution < -0.4 is 5.56 Å². The first kappa shape index (κ1) is 20.3. The van der Waals surface area contributed by atoms with Gasteiger partial charge in [-0.1, -0.05) is 36.4 Å². The highest BCUT2D eigenvalue weighted by atomic mass is 19.4. The third-order valence-electron chi connectivity index (χ3n) is 4.83. The molecule has 8 heteroatoms. The SMILES string of the molecule is O=C(Cc1ccccc1)c1c(O)c2cccnc2n(-c2cccc(C(F)(F)F)c2)c1=O. The Labute approximate surface area is 174 Å². The third-order valence-corrected chi connectivity index (χ3v) is 4.83. The van der Waals surface area contributed by atoms with Crippen molar-refractivity contribution in [2.75, 3.05) is 0 Å². The quantitative estimate of drug-likeness (QED) is 0.489. The molecule has 0 aliphatic carbocycles. The molecule has 31 heavy (non-hydrogen) atoms. The van der Waals surface area contributed by atoms with E-state index in [1.807, 2.05) is 0 Å². The minimum atomic E-state index is -4.62. The number of nitrogens with zero attached hydrogens (tertiary/aromatic N) is 2. The van der Waals surface area contributed by atoms with Crippen molar-refractivity contribution in [2.24, 2.45) is 0 Å². The zero-order chi connectivity index (χ0) is 22.2. The van der Waals surface area contributed by atoms with Crippen LogP contribution in [-0.4, -0.2) is 20.4 Å². The van der Waals surface area contributed by atoms with Crippen LogP contribution in [0.3, 0.4) is 0 Å². The molecule has 0 amide bonds. The van der Waals surface area contributed by atoms with Gasteiger partial charge in [-0.3, -0.25) is 14.2 Å². The molecule has 4 rings (SSSR count). The Bertz CT molecular complexity index is 1350. The van der Waals surface area contributed by atoms with Gasteiger partial charge in [0, 0.05) is 12.6 Å². The summed E-state index contributed by atoms with van der Waals surface area (Å²) in [5.74, 6) is -1.20. The van der Waals surface area contributed by atoms with Crippen molar-refractivity contribution in [3.63, 3.8) is 0 Å². The van der Waals surface area contributed by atoms with Gasteiger partial charge in [0.25, 0.3) is 5.56 Å². The fourth-order valence-electron chi connectivity index (χ4n) is 3.39. The summed E-state index contributed by atoms with van der Waals surface area (Å²) in [4.78, 5) is 30.3. The normalized spacial score (nSPS) is 11.6. The molecule has 0 spiro atoms. The van der Waals surface area contributed by atoms with Crippen molar-refractivity contribution in [1.29, 1.82) is 0 Å². The van der Waals surface area contributed by atoms with Crippen LogP contribution in [0.2, 0.25) is 0 Å². The number of pyridine rings is 2. The van der Waals surface area contributed by atoms with Crippen LogP contribution in [-0.2, 0) is 12.6 Å². The molecular weight excluding hydrogens is 409 g/mol. The molecule has 4 aromatic rings. The lowest BCUT2D eigenvalue weighted by atomic mass is 10.0.